The van der Waals surface area contributed by atoms with Crippen molar-refractivity contribution in [2.45, 2.75) is 13.5 Å². The van der Waals surface area contributed by atoms with Crippen molar-refractivity contribution in [1.29, 1.82) is 0 Å². The monoisotopic (exact) mass is 327 g/mol. The number of hydrogen-bond acceptors (Lipinski definition) is 6. The summed E-state index contributed by atoms with van der Waals surface area (Å²) in [6.45, 7) is 2.19. The number of non-ortho nitro benzene ring substituents is 1. The zero-order valence-electron chi connectivity index (χ0n) is 10.8. The van der Waals surface area contributed by atoms with Gasteiger partial charge in [-0.15, -0.1) is 11.3 Å². The number of anilines is 1. The minimum Gasteiger partial charge on any atom is -0.478 e. The molecule has 0 aliphatic carbocycles. The zero-order valence-corrected chi connectivity index (χ0v) is 12.4. The fraction of sp³-hybridized carbons (Fsp3) is 0.167. The van der Waals surface area contributed by atoms with E-state index in [1.54, 1.807) is 6.20 Å². The molecule has 0 aliphatic rings. The summed E-state index contributed by atoms with van der Waals surface area (Å²) in [4.78, 5) is 26.5. The van der Waals surface area contributed by atoms with E-state index in [-0.39, 0.29) is 28.5 Å². The molecule has 1 heterocycles. The summed E-state index contributed by atoms with van der Waals surface area (Å²) in [6, 6.07) is 2.09. The second-order valence-corrected chi connectivity index (χ2v) is 5.86. The van der Waals surface area contributed by atoms with Crippen molar-refractivity contribution in [3.63, 3.8) is 0 Å². The van der Waals surface area contributed by atoms with Crippen LogP contribution in [0.1, 0.15) is 20.2 Å². The Labute approximate surface area is 128 Å². The van der Waals surface area contributed by atoms with Crippen LogP contribution in [-0.4, -0.2) is 21.0 Å². The third-order valence-corrected chi connectivity index (χ3v) is 3.81. The molecule has 0 amide bonds. The fourth-order valence-corrected chi connectivity index (χ4v) is 2.70. The molecule has 0 bridgehead atoms. The molecule has 9 heteroatoms. The summed E-state index contributed by atoms with van der Waals surface area (Å²) >= 11 is 7.41. The summed E-state index contributed by atoms with van der Waals surface area (Å²) in [5.74, 6) is -1.29. The predicted octanol–water partition coefficient (Wildman–Crippen LogP) is 3.32. The molecule has 0 radical (unpaired) electrons. The van der Waals surface area contributed by atoms with Crippen molar-refractivity contribution < 1.29 is 14.8 Å². The summed E-state index contributed by atoms with van der Waals surface area (Å²) in [7, 11) is 0. The lowest BCUT2D eigenvalue weighted by molar-refractivity contribution is -0.384. The molecule has 0 unspecified atom stereocenters. The average molecular weight is 328 g/mol. The van der Waals surface area contributed by atoms with Crippen LogP contribution in [0.15, 0.2) is 18.3 Å². The van der Waals surface area contributed by atoms with E-state index in [0.29, 0.717) is 0 Å². The van der Waals surface area contributed by atoms with Crippen LogP contribution in [0.5, 0.6) is 0 Å². The Bertz CT molecular complexity index is 717. The number of nitro benzene ring substituents is 1. The Hall–Kier alpha value is -2.19. The highest BCUT2D eigenvalue weighted by Crippen LogP contribution is 2.32. The van der Waals surface area contributed by atoms with Crippen molar-refractivity contribution in [3.05, 3.63) is 48.9 Å². The fourth-order valence-electron chi connectivity index (χ4n) is 1.69. The van der Waals surface area contributed by atoms with Gasteiger partial charge >= 0.3 is 5.97 Å². The van der Waals surface area contributed by atoms with Gasteiger partial charge in [-0.05, 0) is 6.92 Å². The molecular weight excluding hydrogens is 318 g/mol. The lowest BCUT2D eigenvalue weighted by Gasteiger charge is -2.10. The number of aromatic nitrogens is 1. The molecule has 2 rings (SSSR count). The van der Waals surface area contributed by atoms with E-state index in [1.165, 1.54) is 11.3 Å². The summed E-state index contributed by atoms with van der Waals surface area (Å²) < 4.78 is 0. The number of benzene rings is 1. The first-order valence-electron chi connectivity index (χ1n) is 5.75. The molecule has 2 N–H and O–H groups in total. The highest BCUT2D eigenvalue weighted by Gasteiger charge is 2.20. The lowest BCUT2D eigenvalue weighted by atomic mass is 10.1. The van der Waals surface area contributed by atoms with Gasteiger partial charge in [0.15, 0.2) is 0 Å². The van der Waals surface area contributed by atoms with E-state index >= 15 is 0 Å². The molecule has 2 aromatic rings. The number of aromatic carboxylic acids is 1. The van der Waals surface area contributed by atoms with Crippen LogP contribution < -0.4 is 5.32 Å². The van der Waals surface area contributed by atoms with Crippen LogP contribution >= 0.6 is 22.9 Å². The zero-order chi connectivity index (χ0) is 15.6. The second kappa shape index (κ2) is 6.06. The standard InChI is InChI=1S/C12H10ClN3O4S/c1-6-4-14-10(21-6)5-15-11-8(12(17)18)2-7(16(19)20)3-9(11)13/h2-4,15H,5H2,1H3,(H,17,18). The highest BCUT2D eigenvalue weighted by atomic mass is 35.5. The predicted molar refractivity (Wildman–Crippen MR) is 79.2 cm³/mol. The van der Waals surface area contributed by atoms with Crippen LogP contribution in [-0.2, 0) is 6.54 Å². The third kappa shape index (κ3) is 3.47. The van der Waals surface area contributed by atoms with Gasteiger partial charge in [0.25, 0.3) is 5.69 Å². The number of rotatable bonds is 5. The van der Waals surface area contributed by atoms with Crippen LogP contribution in [0.25, 0.3) is 0 Å². The normalized spacial score (nSPS) is 10.4. The Morgan fingerprint density at radius 3 is 2.81 bits per heavy atom. The number of thiazole rings is 1. The molecule has 0 saturated carbocycles. The average Bonchev–Trinajstić information content (AvgIpc) is 2.82. The Kier molecular flexibility index (Phi) is 4.39. The number of nitrogens with zero attached hydrogens (tertiary/aromatic N) is 2. The maximum atomic E-state index is 11.2. The summed E-state index contributed by atoms with van der Waals surface area (Å²) in [6.07, 6.45) is 1.71. The van der Waals surface area contributed by atoms with Crippen molar-refractivity contribution in [1.82, 2.24) is 4.98 Å². The number of carboxylic acids is 1. The Morgan fingerprint density at radius 2 is 2.29 bits per heavy atom. The van der Waals surface area contributed by atoms with Gasteiger partial charge in [0.1, 0.15) is 5.01 Å². The van der Waals surface area contributed by atoms with Crippen LogP contribution in [0.2, 0.25) is 5.02 Å². The van der Waals surface area contributed by atoms with Gasteiger partial charge in [-0.25, -0.2) is 9.78 Å². The molecular formula is C12H10ClN3O4S. The largest absolute Gasteiger partial charge is 0.478 e. The highest BCUT2D eigenvalue weighted by molar-refractivity contribution is 7.11. The Morgan fingerprint density at radius 1 is 1.57 bits per heavy atom. The molecule has 0 spiro atoms. The number of hydrogen-bond donors (Lipinski definition) is 2. The molecule has 110 valence electrons. The number of nitro groups is 1. The van der Waals surface area contributed by atoms with Crippen molar-refractivity contribution in [3.8, 4) is 0 Å². The van der Waals surface area contributed by atoms with E-state index in [1.807, 2.05) is 6.92 Å². The molecule has 7 nitrogen and oxygen atoms in total. The maximum absolute atomic E-state index is 11.2. The van der Waals surface area contributed by atoms with Gasteiger partial charge in [-0.1, -0.05) is 11.6 Å². The van der Waals surface area contributed by atoms with Gasteiger partial charge < -0.3 is 10.4 Å². The number of nitrogens with one attached hydrogen (secondary N) is 1. The van der Waals surface area contributed by atoms with Crippen LogP contribution in [0.3, 0.4) is 0 Å². The number of carbonyl (C=O) groups is 1. The minimum atomic E-state index is -1.29. The van der Waals surface area contributed by atoms with Crippen molar-refractivity contribution in [2.24, 2.45) is 0 Å². The van der Waals surface area contributed by atoms with Crippen molar-refractivity contribution in [2.75, 3.05) is 5.32 Å². The minimum absolute atomic E-state index is 0.0186. The Balaban J connectivity index is 2.33. The van der Waals surface area contributed by atoms with Crippen molar-refractivity contribution >= 4 is 40.3 Å². The van der Waals surface area contributed by atoms with E-state index in [0.717, 1.165) is 22.0 Å². The molecule has 0 fully saturated rings. The maximum Gasteiger partial charge on any atom is 0.338 e. The summed E-state index contributed by atoms with van der Waals surface area (Å²) in [5, 5.41) is 23.5. The van der Waals surface area contributed by atoms with Crippen LogP contribution in [0.4, 0.5) is 11.4 Å². The van der Waals surface area contributed by atoms with Crippen LogP contribution in [0, 0.1) is 17.0 Å². The number of aryl methyl sites for hydroxylation is 1. The molecule has 0 aliphatic heterocycles. The van der Waals surface area contributed by atoms with E-state index < -0.39 is 10.9 Å². The van der Waals surface area contributed by atoms with E-state index in [2.05, 4.69) is 10.3 Å². The first kappa shape index (κ1) is 15.2. The summed E-state index contributed by atoms with van der Waals surface area (Å²) in [5.41, 5.74) is -0.474. The number of carboxylic acid groups (broad SMARTS) is 1. The quantitative estimate of drug-likeness (QED) is 0.644. The second-order valence-electron chi connectivity index (χ2n) is 4.13. The molecule has 21 heavy (non-hydrogen) atoms. The number of halogens is 1. The van der Waals surface area contributed by atoms with E-state index in [4.69, 9.17) is 16.7 Å². The smallest absolute Gasteiger partial charge is 0.338 e. The molecule has 0 saturated heterocycles. The lowest BCUT2D eigenvalue weighted by Crippen LogP contribution is -2.08. The molecule has 1 aromatic heterocycles. The SMILES string of the molecule is Cc1cnc(CNc2c(Cl)cc([N+](=O)[O-])cc2C(=O)O)s1. The first-order valence-corrected chi connectivity index (χ1v) is 6.94. The molecule has 1 aromatic carbocycles. The van der Waals surface area contributed by atoms with E-state index in [9.17, 15) is 14.9 Å². The van der Waals surface area contributed by atoms with Gasteiger partial charge in [0.05, 0.1) is 27.7 Å². The molecule has 0 atom stereocenters. The first-order chi connectivity index (χ1) is 9.88. The van der Waals surface area contributed by atoms with Gasteiger partial charge in [0, 0.05) is 23.2 Å². The topological polar surface area (TPSA) is 105 Å². The third-order valence-electron chi connectivity index (χ3n) is 2.60. The van der Waals surface area contributed by atoms with Gasteiger partial charge in [0.2, 0.25) is 0 Å². The van der Waals surface area contributed by atoms with Gasteiger partial charge in [-0.3, -0.25) is 10.1 Å². The van der Waals surface area contributed by atoms with Gasteiger partial charge in [-0.2, -0.15) is 0 Å².